The highest BCUT2D eigenvalue weighted by Gasteiger charge is 2.30. The zero-order valence-electron chi connectivity index (χ0n) is 11.8. The van der Waals surface area contributed by atoms with Gasteiger partial charge in [0.15, 0.2) is 0 Å². The Hall–Kier alpha value is -1.30. The van der Waals surface area contributed by atoms with Crippen LogP contribution in [0.1, 0.15) is 33.1 Å². The summed E-state index contributed by atoms with van der Waals surface area (Å²) < 4.78 is 0. The normalized spacial score (nSPS) is 22.5. The lowest BCUT2D eigenvalue weighted by molar-refractivity contribution is -0.141. The van der Waals surface area contributed by atoms with Gasteiger partial charge in [0.2, 0.25) is 0 Å². The third-order valence-corrected chi connectivity index (χ3v) is 3.73. The van der Waals surface area contributed by atoms with Gasteiger partial charge in [-0.15, -0.1) is 0 Å². The van der Waals surface area contributed by atoms with Gasteiger partial charge in [-0.05, 0) is 32.4 Å². The minimum Gasteiger partial charge on any atom is -0.481 e. The number of rotatable bonds is 7. The van der Waals surface area contributed by atoms with Gasteiger partial charge in [0, 0.05) is 19.1 Å². The van der Waals surface area contributed by atoms with Crippen LogP contribution in [-0.2, 0) is 4.79 Å². The summed E-state index contributed by atoms with van der Waals surface area (Å²) in [5, 5.41) is 14.5. The van der Waals surface area contributed by atoms with Crippen molar-refractivity contribution < 1.29 is 14.7 Å². The van der Waals surface area contributed by atoms with Gasteiger partial charge in [-0.3, -0.25) is 4.79 Å². The van der Waals surface area contributed by atoms with Crippen molar-refractivity contribution >= 4 is 12.0 Å². The average molecular weight is 271 g/mol. The molecule has 1 fully saturated rings. The predicted octanol–water partition coefficient (Wildman–Crippen LogP) is 0.881. The summed E-state index contributed by atoms with van der Waals surface area (Å²) in [6.45, 7) is 7.58. The molecule has 0 aromatic heterocycles. The molecule has 1 aliphatic rings. The fourth-order valence-corrected chi connectivity index (χ4v) is 2.44. The summed E-state index contributed by atoms with van der Waals surface area (Å²) in [6, 6.07) is -0.197. The van der Waals surface area contributed by atoms with Crippen LogP contribution in [0.5, 0.6) is 0 Å². The van der Waals surface area contributed by atoms with Gasteiger partial charge in [0.1, 0.15) is 0 Å². The average Bonchev–Trinajstić information content (AvgIpc) is 2.83. The Morgan fingerprint density at radius 2 is 1.95 bits per heavy atom. The van der Waals surface area contributed by atoms with Crippen molar-refractivity contribution in [3.05, 3.63) is 0 Å². The quantitative estimate of drug-likeness (QED) is 0.642. The van der Waals surface area contributed by atoms with Gasteiger partial charge >= 0.3 is 12.0 Å². The lowest BCUT2D eigenvalue weighted by atomic mass is 10.1. The Balaban J connectivity index is 2.16. The first-order valence-corrected chi connectivity index (χ1v) is 7.06. The van der Waals surface area contributed by atoms with Crippen LogP contribution >= 0.6 is 0 Å². The minimum atomic E-state index is -0.758. The number of carbonyl (C=O) groups excluding carboxylic acids is 1. The van der Waals surface area contributed by atoms with Crippen molar-refractivity contribution in [2.45, 2.75) is 39.2 Å². The van der Waals surface area contributed by atoms with Crippen molar-refractivity contribution in [2.75, 3.05) is 26.2 Å². The number of urea groups is 1. The van der Waals surface area contributed by atoms with Crippen LogP contribution < -0.4 is 10.6 Å². The zero-order valence-corrected chi connectivity index (χ0v) is 11.8. The van der Waals surface area contributed by atoms with Gasteiger partial charge in [-0.25, -0.2) is 4.79 Å². The molecule has 0 aliphatic heterocycles. The van der Waals surface area contributed by atoms with Gasteiger partial charge in [-0.1, -0.05) is 13.8 Å². The van der Waals surface area contributed by atoms with Gasteiger partial charge < -0.3 is 20.6 Å². The van der Waals surface area contributed by atoms with E-state index in [1.807, 2.05) is 0 Å². The molecule has 2 amide bonds. The maximum Gasteiger partial charge on any atom is 0.315 e. The molecule has 19 heavy (non-hydrogen) atoms. The van der Waals surface area contributed by atoms with Crippen LogP contribution in [0.2, 0.25) is 0 Å². The second-order valence-corrected chi connectivity index (χ2v) is 4.97. The maximum atomic E-state index is 11.6. The van der Waals surface area contributed by atoms with E-state index >= 15 is 0 Å². The van der Waals surface area contributed by atoms with E-state index in [0.29, 0.717) is 19.4 Å². The van der Waals surface area contributed by atoms with Crippen molar-refractivity contribution in [1.29, 1.82) is 0 Å². The second-order valence-electron chi connectivity index (χ2n) is 4.97. The minimum absolute atomic E-state index is 0.00504. The summed E-state index contributed by atoms with van der Waals surface area (Å²) in [6.07, 6.45) is 1.94. The van der Waals surface area contributed by atoms with E-state index in [-0.39, 0.29) is 18.0 Å². The smallest absolute Gasteiger partial charge is 0.315 e. The fraction of sp³-hybridized carbons (Fsp3) is 0.846. The topological polar surface area (TPSA) is 81.7 Å². The third-order valence-electron chi connectivity index (χ3n) is 3.73. The van der Waals surface area contributed by atoms with E-state index in [4.69, 9.17) is 5.11 Å². The fourth-order valence-electron chi connectivity index (χ4n) is 2.44. The molecule has 0 heterocycles. The number of amides is 2. The molecule has 2 unspecified atom stereocenters. The van der Waals surface area contributed by atoms with Crippen LogP contribution in [0.4, 0.5) is 4.79 Å². The van der Waals surface area contributed by atoms with E-state index in [1.165, 1.54) is 0 Å². The molecule has 0 radical (unpaired) electrons. The highest BCUT2D eigenvalue weighted by Crippen LogP contribution is 2.25. The molecule has 0 spiro atoms. The summed E-state index contributed by atoms with van der Waals surface area (Å²) in [5.74, 6) is -1.06. The van der Waals surface area contributed by atoms with E-state index in [0.717, 1.165) is 26.1 Å². The van der Waals surface area contributed by atoms with Crippen LogP contribution in [0, 0.1) is 5.92 Å². The summed E-state index contributed by atoms with van der Waals surface area (Å²) in [7, 11) is 0. The number of hydrogen-bond donors (Lipinski definition) is 3. The Labute approximate surface area is 114 Å². The van der Waals surface area contributed by atoms with Crippen molar-refractivity contribution in [2.24, 2.45) is 5.92 Å². The van der Waals surface area contributed by atoms with E-state index in [2.05, 4.69) is 29.4 Å². The molecule has 3 N–H and O–H groups in total. The van der Waals surface area contributed by atoms with E-state index in [1.54, 1.807) is 0 Å². The maximum absolute atomic E-state index is 11.6. The number of nitrogens with one attached hydrogen (secondary N) is 2. The molecule has 0 bridgehead atoms. The molecule has 0 aromatic carbocycles. The molecule has 1 saturated carbocycles. The molecule has 6 nitrogen and oxygen atoms in total. The predicted molar refractivity (Wildman–Crippen MR) is 73.1 cm³/mol. The molecule has 0 aromatic rings. The van der Waals surface area contributed by atoms with Gasteiger partial charge in [0.25, 0.3) is 0 Å². The first-order chi connectivity index (χ1) is 9.06. The number of hydrogen-bond acceptors (Lipinski definition) is 3. The Kier molecular flexibility index (Phi) is 6.62. The van der Waals surface area contributed by atoms with Crippen LogP contribution in [-0.4, -0.2) is 54.2 Å². The lowest BCUT2D eigenvalue weighted by Gasteiger charge is -2.19. The number of likely N-dealkylation sites (N-methyl/N-ethyl adjacent to an activating group) is 1. The SMILES string of the molecule is CCN(CC)CCNC(=O)NC1CCC(C(=O)O)C1. The monoisotopic (exact) mass is 271 g/mol. The highest BCUT2D eigenvalue weighted by atomic mass is 16.4. The number of carboxylic acids is 1. The number of aliphatic carboxylic acids is 1. The van der Waals surface area contributed by atoms with Crippen LogP contribution in [0.15, 0.2) is 0 Å². The molecule has 1 aliphatic carbocycles. The van der Waals surface area contributed by atoms with Crippen LogP contribution in [0.25, 0.3) is 0 Å². The Morgan fingerprint density at radius 1 is 1.26 bits per heavy atom. The molecule has 110 valence electrons. The molecule has 2 atom stereocenters. The second kappa shape index (κ2) is 7.99. The molecule has 0 saturated heterocycles. The Morgan fingerprint density at radius 3 is 2.47 bits per heavy atom. The molecule has 6 heteroatoms. The number of carbonyl (C=O) groups is 2. The van der Waals surface area contributed by atoms with Crippen molar-refractivity contribution in [1.82, 2.24) is 15.5 Å². The first-order valence-electron chi connectivity index (χ1n) is 7.06. The van der Waals surface area contributed by atoms with Crippen molar-refractivity contribution in [3.63, 3.8) is 0 Å². The lowest BCUT2D eigenvalue weighted by Crippen LogP contribution is -2.44. The molecular weight excluding hydrogens is 246 g/mol. The summed E-state index contributed by atoms with van der Waals surface area (Å²) in [5.41, 5.74) is 0. The Bertz CT molecular complexity index is 306. The summed E-state index contributed by atoms with van der Waals surface area (Å²) >= 11 is 0. The molecule has 1 rings (SSSR count). The van der Waals surface area contributed by atoms with Gasteiger partial charge in [-0.2, -0.15) is 0 Å². The van der Waals surface area contributed by atoms with E-state index in [9.17, 15) is 9.59 Å². The largest absolute Gasteiger partial charge is 0.481 e. The number of carboxylic acid groups (broad SMARTS) is 1. The highest BCUT2D eigenvalue weighted by molar-refractivity contribution is 5.75. The summed E-state index contributed by atoms with van der Waals surface area (Å²) in [4.78, 5) is 24.7. The molecular formula is C13H25N3O3. The first kappa shape index (κ1) is 15.8. The van der Waals surface area contributed by atoms with Crippen LogP contribution in [0.3, 0.4) is 0 Å². The van der Waals surface area contributed by atoms with Crippen molar-refractivity contribution in [3.8, 4) is 0 Å². The standard InChI is InChI=1S/C13H25N3O3/c1-3-16(4-2)8-7-14-13(19)15-11-6-5-10(9-11)12(17)18/h10-11H,3-9H2,1-2H3,(H,17,18)(H2,14,15,19). The van der Waals surface area contributed by atoms with E-state index < -0.39 is 5.97 Å². The zero-order chi connectivity index (χ0) is 14.3. The number of nitrogens with zero attached hydrogens (tertiary/aromatic N) is 1. The third kappa shape index (κ3) is 5.46. The van der Waals surface area contributed by atoms with Gasteiger partial charge in [0.05, 0.1) is 5.92 Å².